The molecule has 0 spiro atoms. The first kappa shape index (κ1) is 13.1. The van der Waals surface area contributed by atoms with Crippen LogP contribution in [0.25, 0.3) is 0 Å². The zero-order valence-corrected chi connectivity index (χ0v) is 10.7. The van der Waals surface area contributed by atoms with Crippen molar-refractivity contribution in [2.45, 2.75) is 13.8 Å². The molecule has 0 saturated carbocycles. The van der Waals surface area contributed by atoms with E-state index in [2.05, 4.69) is 0 Å². The van der Waals surface area contributed by atoms with Gasteiger partial charge in [-0.05, 0) is 49.2 Å². The number of hydrogen-bond donors (Lipinski definition) is 0. The molecule has 3 heteroatoms. The largest absolute Gasteiger partial charge is 0.298 e. The van der Waals surface area contributed by atoms with E-state index >= 15 is 0 Å². The van der Waals surface area contributed by atoms with Crippen LogP contribution in [0, 0.1) is 19.7 Å². The van der Waals surface area contributed by atoms with Gasteiger partial charge in [-0.3, -0.25) is 9.59 Å². The Hall–Kier alpha value is -2.29. The van der Waals surface area contributed by atoms with Crippen LogP contribution < -0.4 is 0 Å². The summed E-state index contributed by atoms with van der Waals surface area (Å²) in [6.45, 7) is 3.56. The summed E-state index contributed by atoms with van der Waals surface area (Å²) < 4.78 is 12.9. The smallest absolute Gasteiger partial charge is 0.193 e. The molecule has 19 heavy (non-hydrogen) atoms. The Balaban J connectivity index is 2.55. The van der Waals surface area contributed by atoms with E-state index < -0.39 is 0 Å². The van der Waals surface area contributed by atoms with Gasteiger partial charge in [-0.1, -0.05) is 12.1 Å². The van der Waals surface area contributed by atoms with Crippen molar-refractivity contribution in [2.75, 3.05) is 0 Å². The van der Waals surface area contributed by atoms with Crippen molar-refractivity contribution in [3.05, 3.63) is 70.0 Å². The van der Waals surface area contributed by atoms with Gasteiger partial charge in [-0.2, -0.15) is 0 Å². The summed E-state index contributed by atoms with van der Waals surface area (Å²) in [5.41, 5.74) is 2.88. The highest BCUT2D eigenvalue weighted by Crippen LogP contribution is 2.21. The van der Waals surface area contributed by atoms with E-state index in [1.54, 1.807) is 19.1 Å². The molecule has 2 aromatic rings. The molecule has 0 aliphatic rings. The fourth-order valence-electron chi connectivity index (χ4n) is 2.09. The predicted octanol–water partition coefficient (Wildman–Crippen LogP) is 3.49. The second kappa shape index (κ2) is 5.14. The van der Waals surface area contributed by atoms with Crippen molar-refractivity contribution in [1.82, 2.24) is 0 Å². The average Bonchev–Trinajstić information content (AvgIpc) is 2.39. The lowest BCUT2D eigenvalue weighted by Crippen LogP contribution is -2.08. The molecule has 0 N–H and O–H groups in total. The lowest BCUT2D eigenvalue weighted by atomic mass is 9.92. The number of hydrogen-bond acceptors (Lipinski definition) is 2. The third-order valence-corrected chi connectivity index (χ3v) is 3.18. The molecule has 0 aromatic heterocycles. The standard InChI is InChI=1S/C16H13FO2/c1-10-3-4-13(9-18)11(2)15(10)16(19)12-5-7-14(17)8-6-12/h3-9H,1-2H3. The van der Waals surface area contributed by atoms with E-state index in [0.717, 1.165) is 11.8 Å². The molecule has 2 nitrogen and oxygen atoms in total. The van der Waals surface area contributed by atoms with Crippen molar-refractivity contribution >= 4 is 12.1 Å². The van der Waals surface area contributed by atoms with Gasteiger partial charge >= 0.3 is 0 Å². The highest BCUT2D eigenvalue weighted by atomic mass is 19.1. The number of rotatable bonds is 3. The molecule has 0 aliphatic heterocycles. The maximum Gasteiger partial charge on any atom is 0.193 e. The molecule has 0 unspecified atom stereocenters. The van der Waals surface area contributed by atoms with E-state index in [9.17, 15) is 14.0 Å². The van der Waals surface area contributed by atoms with Gasteiger partial charge in [0.2, 0.25) is 0 Å². The summed E-state index contributed by atoms with van der Waals surface area (Å²) in [6.07, 6.45) is 0.732. The monoisotopic (exact) mass is 256 g/mol. The number of benzene rings is 2. The van der Waals surface area contributed by atoms with Crippen LogP contribution in [0.5, 0.6) is 0 Å². The molecule has 0 atom stereocenters. The molecular formula is C16H13FO2. The minimum Gasteiger partial charge on any atom is -0.298 e. The number of carbonyl (C=O) groups excluding carboxylic acids is 2. The molecule has 0 saturated heterocycles. The molecule has 0 bridgehead atoms. The summed E-state index contributed by atoms with van der Waals surface area (Å²) in [6, 6.07) is 8.84. The van der Waals surface area contributed by atoms with Gasteiger partial charge in [-0.15, -0.1) is 0 Å². The highest BCUT2D eigenvalue weighted by Gasteiger charge is 2.16. The van der Waals surface area contributed by atoms with E-state index in [0.29, 0.717) is 22.3 Å². The van der Waals surface area contributed by atoms with Crippen LogP contribution in [-0.2, 0) is 0 Å². The zero-order valence-electron chi connectivity index (χ0n) is 10.7. The number of halogens is 1. The van der Waals surface area contributed by atoms with E-state index in [1.807, 2.05) is 6.92 Å². The maximum atomic E-state index is 12.9. The fourth-order valence-corrected chi connectivity index (χ4v) is 2.09. The topological polar surface area (TPSA) is 34.1 Å². The van der Waals surface area contributed by atoms with Crippen LogP contribution in [0.4, 0.5) is 4.39 Å². The van der Waals surface area contributed by atoms with Gasteiger partial charge in [0, 0.05) is 16.7 Å². The molecule has 2 aromatic carbocycles. The molecule has 0 radical (unpaired) electrons. The number of aldehydes is 1. The first-order valence-electron chi connectivity index (χ1n) is 5.90. The first-order valence-corrected chi connectivity index (χ1v) is 5.90. The van der Waals surface area contributed by atoms with Crippen molar-refractivity contribution in [2.24, 2.45) is 0 Å². The second-order valence-electron chi connectivity index (χ2n) is 4.43. The van der Waals surface area contributed by atoms with Crippen LogP contribution in [0.15, 0.2) is 36.4 Å². The average molecular weight is 256 g/mol. The lowest BCUT2D eigenvalue weighted by Gasteiger charge is -2.10. The minimum absolute atomic E-state index is 0.196. The van der Waals surface area contributed by atoms with Crippen LogP contribution in [0.1, 0.15) is 37.4 Å². The van der Waals surface area contributed by atoms with Crippen molar-refractivity contribution in [3.63, 3.8) is 0 Å². The van der Waals surface area contributed by atoms with Crippen molar-refractivity contribution < 1.29 is 14.0 Å². The second-order valence-corrected chi connectivity index (χ2v) is 4.43. The Bertz CT molecular complexity index is 643. The molecular weight excluding hydrogens is 243 g/mol. The number of carbonyl (C=O) groups is 2. The molecule has 0 amide bonds. The Morgan fingerprint density at radius 1 is 1.05 bits per heavy atom. The maximum absolute atomic E-state index is 12.9. The van der Waals surface area contributed by atoms with Crippen LogP contribution >= 0.6 is 0 Å². The zero-order chi connectivity index (χ0) is 14.0. The van der Waals surface area contributed by atoms with Crippen LogP contribution in [0.2, 0.25) is 0 Å². The summed E-state index contributed by atoms with van der Waals surface area (Å²) >= 11 is 0. The van der Waals surface area contributed by atoms with E-state index in [4.69, 9.17) is 0 Å². The van der Waals surface area contributed by atoms with E-state index in [1.165, 1.54) is 24.3 Å². The minimum atomic E-state index is -0.383. The van der Waals surface area contributed by atoms with Gasteiger partial charge in [-0.25, -0.2) is 4.39 Å². The summed E-state index contributed by atoms with van der Waals surface area (Å²) in [5, 5.41) is 0. The summed E-state index contributed by atoms with van der Waals surface area (Å²) in [5.74, 6) is -0.578. The van der Waals surface area contributed by atoms with Crippen molar-refractivity contribution in [1.29, 1.82) is 0 Å². The van der Waals surface area contributed by atoms with Crippen LogP contribution in [-0.4, -0.2) is 12.1 Å². The van der Waals surface area contributed by atoms with Crippen LogP contribution in [0.3, 0.4) is 0 Å². The van der Waals surface area contributed by atoms with Gasteiger partial charge in [0.15, 0.2) is 5.78 Å². The summed E-state index contributed by atoms with van der Waals surface area (Å²) in [7, 11) is 0. The predicted molar refractivity (Wildman–Crippen MR) is 71.1 cm³/mol. The molecule has 0 aliphatic carbocycles. The number of ketones is 1. The van der Waals surface area contributed by atoms with Gasteiger partial charge < -0.3 is 0 Å². The highest BCUT2D eigenvalue weighted by molar-refractivity contribution is 6.11. The third-order valence-electron chi connectivity index (χ3n) is 3.18. The van der Waals surface area contributed by atoms with Gasteiger partial charge in [0.25, 0.3) is 0 Å². The molecule has 0 heterocycles. The van der Waals surface area contributed by atoms with Gasteiger partial charge in [0.1, 0.15) is 12.1 Å². The third kappa shape index (κ3) is 2.45. The summed E-state index contributed by atoms with van der Waals surface area (Å²) in [4.78, 5) is 23.4. The van der Waals surface area contributed by atoms with E-state index in [-0.39, 0.29) is 11.6 Å². The normalized spacial score (nSPS) is 10.3. The molecule has 0 fully saturated rings. The molecule has 96 valence electrons. The Kier molecular flexibility index (Phi) is 3.56. The van der Waals surface area contributed by atoms with Crippen molar-refractivity contribution in [3.8, 4) is 0 Å². The quantitative estimate of drug-likeness (QED) is 0.622. The SMILES string of the molecule is Cc1ccc(C=O)c(C)c1C(=O)c1ccc(F)cc1. The van der Waals surface area contributed by atoms with Gasteiger partial charge in [0.05, 0.1) is 0 Å². The Morgan fingerprint density at radius 3 is 2.26 bits per heavy atom. The lowest BCUT2D eigenvalue weighted by molar-refractivity contribution is 0.103. The molecule has 2 rings (SSSR count). The Labute approximate surface area is 110 Å². The first-order chi connectivity index (χ1) is 9.04. The Morgan fingerprint density at radius 2 is 1.68 bits per heavy atom. The fraction of sp³-hybridized carbons (Fsp3) is 0.125. The number of aryl methyl sites for hydroxylation is 1.